The lowest BCUT2D eigenvalue weighted by atomic mass is 10.2. The molecule has 2 aromatic heterocycles. The van der Waals surface area contributed by atoms with E-state index in [1.807, 2.05) is 24.3 Å². The van der Waals surface area contributed by atoms with E-state index in [4.69, 9.17) is 0 Å². The number of ether oxygens (including phenoxy) is 1. The number of nitrogens with zero attached hydrogens (tertiary/aromatic N) is 3. The standard InChI is InChI=1S/C19H11F3N4O2S/c20-19(21,22)28-12-7-5-11(6-8-12)25-17(27)15-16(24-10-9-23-15)18-26-13-3-1-2-4-14(13)29-18/h1-10H,(H,25,27). The molecule has 0 unspecified atom stereocenters. The Hall–Kier alpha value is -3.53. The van der Waals surface area contributed by atoms with Gasteiger partial charge >= 0.3 is 6.36 Å². The SMILES string of the molecule is O=C(Nc1ccc(OC(F)(F)F)cc1)c1nccnc1-c1nc2ccccc2s1. The number of alkyl halides is 3. The van der Waals surface area contributed by atoms with Crippen molar-refractivity contribution in [3.05, 3.63) is 66.6 Å². The van der Waals surface area contributed by atoms with E-state index in [9.17, 15) is 18.0 Å². The first kappa shape index (κ1) is 18.8. The highest BCUT2D eigenvalue weighted by molar-refractivity contribution is 7.21. The molecule has 10 heteroatoms. The number of rotatable bonds is 4. The van der Waals surface area contributed by atoms with Crippen molar-refractivity contribution in [3.63, 3.8) is 0 Å². The summed E-state index contributed by atoms with van der Waals surface area (Å²) in [5, 5.41) is 3.13. The molecule has 0 saturated heterocycles. The average Bonchev–Trinajstić information content (AvgIpc) is 3.12. The summed E-state index contributed by atoms with van der Waals surface area (Å²) in [5.74, 6) is -0.943. The number of halogens is 3. The largest absolute Gasteiger partial charge is 0.573 e. The Morgan fingerprint density at radius 3 is 2.45 bits per heavy atom. The van der Waals surface area contributed by atoms with Gasteiger partial charge in [-0.05, 0) is 36.4 Å². The van der Waals surface area contributed by atoms with Crippen molar-refractivity contribution in [1.29, 1.82) is 0 Å². The van der Waals surface area contributed by atoms with Crippen molar-refractivity contribution >= 4 is 33.1 Å². The van der Waals surface area contributed by atoms with E-state index in [0.29, 0.717) is 10.7 Å². The molecule has 0 atom stereocenters. The molecule has 0 bridgehead atoms. The first-order valence-corrected chi connectivity index (χ1v) is 9.05. The number of benzene rings is 2. The van der Waals surface area contributed by atoms with Crippen molar-refractivity contribution < 1.29 is 22.7 Å². The van der Waals surface area contributed by atoms with Crippen LogP contribution in [0.25, 0.3) is 20.9 Å². The maximum atomic E-state index is 12.7. The monoisotopic (exact) mass is 416 g/mol. The Morgan fingerprint density at radius 2 is 1.72 bits per heavy atom. The molecule has 4 aromatic rings. The fourth-order valence-corrected chi connectivity index (χ4v) is 3.53. The van der Waals surface area contributed by atoms with Crippen LogP contribution in [0.3, 0.4) is 0 Å². The van der Waals surface area contributed by atoms with E-state index in [-0.39, 0.29) is 17.1 Å². The third-order valence-electron chi connectivity index (χ3n) is 3.76. The molecule has 0 spiro atoms. The first-order valence-electron chi connectivity index (χ1n) is 8.23. The lowest BCUT2D eigenvalue weighted by Gasteiger charge is -2.10. The van der Waals surface area contributed by atoms with Crippen LogP contribution in [0.4, 0.5) is 18.9 Å². The highest BCUT2D eigenvalue weighted by Crippen LogP contribution is 2.30. The summed E-state index contributed by atoms with van der Waals surface area (Å²) in [6.45, 7) is 0. The maximum absolute atomic E-state index is 12.7. The van der Waals surface area contributed by atoms with Gasteiger partial charge in [0.15, 0.2) is 5.69 Å². The van der Waals surface area contributed by atoms with E-state index in [1.54, 1.807) is 0 Å². The van der Waals surface area contributed by atoms with Crippen LogP contribution in [0.15, 0.2) is 60.9 Å². The number of nitrogens with one attached hydrogen (secondary N) is 1. The minimum atomic E-state index is -4.78. The van der Waals surface area contributed by atoms with E-state index < -0.39 is 12.3 Å². The Labute approximate surface area is 166 Å². The van der Waals surface area contributed by atoms with E-state index in [1.165, 1.54) is 35.9 Å². The molecule has 29 heavy (non-hydrogen) atoms. The molecule has 0 saturated carbocycles. The van der Waals surface area contributed by atoms with Gasteiger partial charge in [0.05, 0.1) is 10.2 Å². The Bertz CT molecular complexity index is 1140. The van der Waals surface area contributed by atoms with Gasteiger partial charge in [0, 0.05) is 18.1 Å². The molecule has 1 N–H and O–H groups in total. The van der Waals surface area contributed by atoms with Gasteiger partial charge in [-0.25, -0.2) is 15.0 Å². The molecular weight excluding hydrogens is 405 g/mol. The third-order valence-corrected chi connectivity index (χ3v) is 4.80. The normalized spacial score (nSPS) is 11.4. The van der Waals surface area contributed by atoms with Crippen LogP contribution >= 0.6 is 11.3 Å². The first-order chi connectivity index (χ1) is 13.9. The predicted molar refractivity (Wildman–Crippen MR) is 102 cm³/mol. The fraction of sp³-hybridized carbons (Fsp3) is 0.0526. The van der Waals surface area contributed by atoms with Gasteiger partial charge in [0.1, 0.15) is 16.5 Å². The van der Waals surface area contributed by atoms with Crippen molar-refractivity contribution in [2.24, 2.45) is 0 Å². The smallest absolute Gasteiger partial charge is 0.406 e. The average molecular weight is 416 g/mol. The zero-order valence-electron chi connectivity index (χ0n) is 14.5. The van der Waals surface area contributed by atoms with Crippen molar-refractivity contribution in [3.8, 4) is 16.5 Å². The number of carbonyl (C=O) groups excluding carboxylic acids is 1. The molecule has 146 valence electrons. The number of anilines is 1. The van der Waals surface area contributed by atoms with Gasteiger partial charge < -0.3 is 10.1 Å². The summed E-state index contributed by atoms with van der Waals surface area (Å²) in [5.41, 5.74) is 1.44. The quantitative estimate of drug-likeness (QED) is 0.512. The molecule has 4 rings (SSSR count). The Balaban J connectivity index is 1.58. The fourth-order valence-electron chi connectivity index (χ4n) is 2.56. The molecule has 2 heterocycles. The van der Waals surface area contributed by atoms with Gasteiger partial charge in [-0.15, -0.1) is 24.5 Å². The molecule has 2 aromatic carbocycles. The maximum Gasteiger partial charge on any atom is 0.573 e. The van der Waals surface area contributed by atoms with Crippen LogP contribution in [-0.2, 0) is 0 Å². The van der Waals surface area contributed by atoms with Gasteiger partial charge in [-0.3, -0.25) is 4.79 Å². The second kappa shape index (κ2) is 7.47. The minimum Gasteiger partial charge on any atom is -0.406 e. The summed E-state index contributed by atoms with van der Waals surface area (Å²) >= 11 is 1.38. The van der Waals surface area contributed by atoms with E-state index in [0.717, 1.165) is 22.3 Å². The molecule has 0 aliphatic rings. The number of hydrogen-bond acceptors (Lipinski definition) is 6. The lowest BCUT2D eigenvalue weighted by Crippen LogP contribution is -2.17. The van der Waals surface area contributed by atoms with Gasteiger partial charge in [-0.2, -0.15) is 0 Å². The highest BCUT2D eigenvalue weighted by atomic mass is 32.1. The number of amides is 1. The third kappa shape index (κ3) is 4.32. The molecule has 0 aliphatic heterocycles. The van der Waals surface area contributed by atoms with Gasteiger partial charge in [0.25, 0.3) is 5.91 Å². The topological polar surface area (TPSA) is 77.0 Å². The van der Waals surface area contributed by atoms with Gasteiger partial charge in [-0.1, -0.05) is 12.1 Å². The summed E-state index contributed by atoms with van der Waals surface area (Å²) in [4.78, 5) is 25.5. The van der Waals surface area contributed by atoms with Crippen LogP contribution in [0.5, 0.6) is 5.75 Å². The summed E-state index contributed by atoms with van der Waals surface area (Å²) < 4.78 is 41.5. The zero-order valence-corrected chi connectivity index (χ0v) is 15.3. The molecule has 1 amide bonds. The minimum absolute atomic E-state index is 0.0576. The Morgan fingerprint density at radius 1 is 1.00 bits per heavy atom. The number of fused-ring (bicyclic) bond motifs is 1. The number of carbonyl (C=O) groups is 1. The zero-order chi connectivity index (χ0) is 20.4. The van der Waals surface area contributed by atoms with E-state index >= 15 is 0 Å². The molecule has 0 aliphatic carbocycles. The van der Waals surface area contributed by atoms with E-state index in [2.05, 4.69) is 25.0 Å². The van der Waals surface area contributed by atoms with Crippen LogP contribution in [0.1, 0.15) is 10.5 Å². The van der Waals surface area contributed by atoms with Crippen LogP contribution in [-0.4, -0.2) is 27.2 Å². The number of thiazole rings is 1. The van der Waals surface area contributed by atoms with Crippen LogP contribution in [0.2, 0.25) is 0 Å². The van der Waals surface area contributed by atoms with Crippen LogP contribution in [0, 0.1) is 0 Å². The molecule has 0 radical (unpaired) electrons. The van der Waals surface area contributed by atoms with Crippen molar-refractivity contribution in [2.75, 3.05) is 5.32 Å². The number of para-hydroxylation sites is 1. The molecule has 0 fully saturated rings. The number of aromatic nitrogens is 3. The Kier molecular flexibility index (Phi) is 4.85. The summed E-state index contributed by atoms with van der Waals surface area (Å²) in [6, 6.07) is 12.3. The summed E-state index contributed by atoms with van der Waals surface area (Å²) in [6.07, 6.45) is -1.94. The van der Waals surface area contributed by atoms with Crippen molar-refractivity contribution in [1.82, 2.24) is 15.0 Å². The predicted octanol–water partition coefficient (Wildman–Crippen LogP) is 4.90. The second-order valence-corrected chi connectivity index (χ2v) is 6.80. The second-order valence-electron chi connectivity index (χ2n) is 5.77. The highest BCUT2D eigenvalue weighted by Gasteiger charge is 2.31. The molecular formula is C19H11F3N4O2S. The van der Waals surface area contributed by atoms with Crippen molar-refractivity contribution in [2.45, 2.75) is 6.36 Å². The van der Waals surface area contributed by atoms with Crippen LogP contribution < -0.4 is 10.1 Å². The number of hydrogen-bond donors (Lipinski definition) is 1. The molecule has 6 nitrogen and oxygen atoms in total. The lowest BCUT2D eigenvalue weighted by molar-refractivity contribution is -0.274. The van der Waals surface area contributed by atoms with Gasteiger partial charge in [0.2, 0.25) is 0 Å². The summed E-state index contributed by atoms with van der Waals surface area (Å²) in [7, 11) is 0.